The van der Waals surface area contributed by atoms with E-state index in [4.69, 9.17) is 21.6 Å². The number of carbonyl (C=O) groups is 1. The van der Waals surface area contributed by atoms with Crippen LogP contribution in [0, 0.1) is 18.3 Å². The molecule has 0 aliphatic carbocycles. The Morgan fingerprint density at radius 2 is 2.29 bits per heavy atom. The van der Waals surface area contributed by atoms with Crippen LogP contribution in [0.15, 0.2) is 12.1 Å². The number of rotatable bonds is 4. The maximum Gasteiger partial charge on any atom is 0.225 e. The molecule has 1 amide bonds. The van der Waals surface area contributed by atoms with Gasteiger partial charge in [-0.15, -0.1) is 0 Å². The quantitative estimate of drug-likeness (QED) is 0.896. The molecule has 0 aliphatic rings. The van der Waals surface area contributed by atoms with Gasteiger partial charge in [-0.3, -0.25) is 4.79 Å². The molecule has 1 N–H and O–H groups in total. The van der Waals surface area contributed by atoms with Crippen LogP contribution in [0.25, 0.3) is 0 Å². The minimum atomic E-state index is -0.232. The second kappa shape index (κ2) is 6.12. The molecule has 1 rings (SSSR count). The monoisotopic (exact) mass is 252 g/mol. The molecule has 17 heavy (non-hydrogen) atoms. The number of aryl methyl sites for hydroxylation is 1. The van der Waals surface area contributed by atoms with Gasteiger partial charge in [-0.1, -0.05) is 11.6 Å². The predicted octanol–water partition coefficient (Wildman–Crippen LogP) is 2.90. The van der Waals surface area contributed by atoms with E-state index in [9.17, 15) is 4.79 Å². The van der Waals surface area contributed by atoms with Gasteiger partial charge in [-0.05, 0) is 24.6 Å². The maximum absolute atomic E-state index is 11.5. The van der Waals surface area contributed by atoms with Crippen molar-refractivity contribution in [1.82, 2.24) is 0 Å². The van der Waals surface area contributed by atoms with Gasteiger partial charge in [-0.25, -0.2) is 0 Å². The van der Waals surface area contributed by atoms with E-state index >= 15 is 0 Å². The van der Waals surface area contributed by atoms with Crippen molar-refractivity contribution >= 4 is 23.2 Å². The van der Waals surface area contributed by atoms with Gasteiger partial charge in [0.05, 0.1) is 18.9 Å². The molecule has 0 saturated heterocycles. The highest BCUT2D eigenvalue weighted by atomic mass is 35.5. The SMILES string of the molecule is COc1cc(C)c(Cl)cc1NC(=O)CCC#N. The topological polar surface area (TPSA) is 62.1 Å². The van der Waals surface area contributed by atoms with Gasteiger partial charge in [0.2, 0.25) is 5.91 Å². The highest BCUT2D eigenvalue weighted by molar-refractivity contribution is 6.31. The molecule has 4 nitrogen and oxygen atoms in total. The zero-order valence-electron chi connectivity index (χ0n) is 9.71. The van der Waals surface area contributed by atoms with Crippen LogP contribution in [0.3, 0.4) is 0 Å². The molecule has 0 radical (unpaired) electrons. The van der Waals surface area contributed by atoms with Gasteiger partial charge in [-0.2, -0.15) is 5.26 Å². The van der Waals surface area contributed by atoms with Crippen LogP contribution in [-0.4, -0.2) is 13.0 Å². The standard InChI is InChI=1S/C12H13ClN2O2/c1-8-6-11(17-2)10(7-9(8)13)15-12(16)4-3-5-14/h6-7H,3-4H2,1-2H3,(H,15,16). The lowest BCUT2D eigenvalue weighted by atomic mass is 10.2. The fourth-order valence-corrected chi connectivity index (χ4v) is 1.47. The van der Waals surface area contributed by atoms with Crippen LogP contribution >= 0.6 is 11.6 Å². The lowest BCUT2D eigenvalue weighted by Gasteiger charge is -2.11. The van der Waals surface area contributed by atoms with Crippen molar-refractivity contribution in [2.24, 2.45) is 0 Å². The van der Waals surface area contributed by atoms with E-state index in [1.54, 1.807) is 12.1 Å². The molecule has 0 bridgehead atoms. The number of nitrogens with one attached hydrogen (secondary N) is 1. The third-order valence-electron chi connectivity index (χ3n) is 2.22. The van der Waals surface area contributed by atoms with E-state index in [-0.39, 0.29) is 18.7 Å². The van der Waals surface area contributed by atoms with Crippen molar-refractivity contribution in [2.45, 2.75) is 19.8 Å². The van der Waals surface area contributed by atoms with E-state index in [2.05, 4.69) is 5.32 Å². The summed E-state index contributed by atoms with van der Waals surface area (Å²) >= 11 is 5.97. The highest BCUT2D eigenvalue weighted by Gasteiger charge is 2.09. The fourth-order valence-electron chi connectivity index (χ4n) is 1.30. The summed E-state index contributed by atoms with van der Waals surface area (Å²) in [7, 11) is 1.52. The molecule has 0 aliphatic heterocycles. The summed E-state index contributed by atoms with van der Waals surface area (Å²) in [5.41, 5.74) is 1.39. The molecular formula is C12H13ClN2O2. The van der Waals surface area contributed by atoms with Gasteiger partial charge < -0.3 is 10.1 Å². The molecular weight excluding hydrogens is 240 g/mol. The van der Waals surface area contributed by atoms with E-state index in [1.165, 1.54) is 7.11 Å². The van der Waals surface area contributed by atoms with Gasteiger partial charge in [0, 0.05) is 17.9 Å². The molecule has 0 spiro atoms. The number of anilines is 1. The number of hydrogen-bond donors (Lipinski definition) is 1. The molecule has 90 valence electrons. The summed E-state index contributed by atoms with van der Waals surface area (Å²) in [6.45, 7) is 1.85. The lowest BCUT2D eigenvalue weighted by Crippen LogP contribution is -2.11. The van der Waals surface area contributed by atoms with Crippen molar-refractivity contribution < 1.29 is 9.53 Å². The maximum atomic E-state index is 11.5. The molecule has 0 fully saturated rings. The second-order valence-corrected chi connectivity index (χ2v) is 3.92. The van der Waals surface area contributed by atoms with Crippen molar-refractivity contribution in [2.75, 3.05) is 12.4 Å². The van der Waals surface area contributed by atoms with Crippen LogP contribution in [0.2, 0.25) is 5.02 Å². The number of ether oxygens (including phenoxy) is 1. The first kappa shape index (κ1) is 13.3. The summed E-state index contributed by atoms with van der Waals surface area (Å²) in [4.78, 5) is 11.5. The molecule has 1 aromatic rings. The Labute approximate surface area is 105 Å². The van der Waals surface area contributed by atoms with Crippen molar-refractivity contribution in [3.8, 4) is 11.8 Å². The Balaban J connectivity index is 2.87. The molecule has 0 aromatic heterocycles. The highest BCUT2D eigenvalue weighted by Crippen LogP contribution is 2.30. The minimum Gasteiger partial charge on any atom is -0.495 e. The number of methoxy groups -OCH3 is 1. The number of amides is 1. The largest absolute Gasteiger partial charge is 0.495 e. The van der Waals surface area contributed by atoms with Crippen molar-refractivity contribution in [3.05, 3.63) is 22.7 Å². The van der Waals surface area contributed by atoms with Crippen molar-refractivity contribution in [3.63, 3.8) is 0 Å². The van der Waals surface area contributed by atoms with Gasteiger partial charge >= 0.3 is 0 Å². The Kier molecular flexibility index (Phi) is 4.80. The number of hydrogen-bond acceptors (Lipinski definition) is 3. The molecule has 0 unspecified atom stereocenters. The third kappa shape index (κ3) is 3.65. The molecule has 5 heteroatoms. The molecule has 0 saturated carbocycles. The average molecular weight is 253 g/mol. The summed E-state index contributed by atoms with van der Waals surface area (Å²) < 4.78 is 5.15. The van der Waals surface area contributed by atoms with Crippen LogP contribution < -0.4 is 10.1 Å². The van der Waals surface area contributed by atoms with Crippen LogP contribution in [0.1, 0.15) is 18.4 Å². The van der Waals surface area contributed by atoms with Gasteiger partial charge in [0.1, 0.15) is 5.75 Å². The fraction of sp³-hybridized carbons (Fsp3) is 0.333. The number of halogens is 1. The van der Waals surface area contributed by atoms with E-state index in [0.29, 0.717) is 16.5 Å². The molecule has 1 aromatic carbocycles. The Bertz CT molecular complexity index is 466. The first-order valence-corrected chi connectivity index (χ1v) is 5.47. The average Bonchev–Trinajstić information content (AvgIpc) is 2.31. The summed E-state index contributed by atoms with van der Waals surface area (Å²) in [5.74, 6) is 0.321. The number of benzene rings is 1. The first-order chi connectivity index (χ1) is 8.08. The first-order valence-electron chi connectivity index (χ1n) is 5.09. The normalized spacial score (nSPS) is 9.53. The number of carbonyl (C=O) groups excluding carboxylic acids is 1. The third-order valence-corrected chi connectivity index (χ3v) is 2.63. The van der Waals surface area contributed by atoms with E-state index in [1.807, 2.05) is 13.0 Å². The molecule has 0 heterocycles. The Hall–Kier alpha value is -1.73. The van der Waals surface area contributed by atoms with E-state index < -0.39 is 0 Å². The lowest BCUT2D eigenvalue weighted by molar-refractivity contribution is -0.116. The zero-order valence-corrected chi connectivity index (χ0v) is 10.5. The Morgan fingerprint density at radius 3 is 2.88 bits per heavy atom. The Morgan fingerprint density at radius 1 is 1.59 bits per heavy atom. The minimum absolute atomic E-state index is 0.158. The van der Waals surface area contributed by atoms with E-state index in [0.717, 1.165) is 5.56 Å². The van der Waals surface area contributed by atoms with Crippen LogP contribution in [0.4, 0.5) is 5.69 Å². The van der Waals surface area contributed by atoms with Crippen LogP contribution in [0.5, 0.6) is 5.75 Å². The summed E-state index contributed by atoms with van der Waals surface area (Å²) in [5, 5.41) is 11.6. The number of nitriles is 1. The zero-order chi connectivity index (χ0) is 12.8. The second-order valence-electron chi connectivity index (χ2n) is 3.51. The predicted molar refractivity (Wildman–Crippen MR) is 66.2 cm³/mol. The summed E-state index contributed by atoms with van der Waals surface area (Å²) in [6, 6.07) is 5.31. The van der Waals surface area contributed by atoms with Gasteiger partial charge in [0.15, 0.2) is 0 Å². The van der Waals surface area contributed by atoms with Gasteiger partial charge in [0.25, 0.3) is 0 Å². The number of nitrogens with zero attached hydrogens (tertiary/aromatic N) is 1. The summed E-state index contributed by atoms with van der Waals surface area (Å²) in [6.07, 6.45) is 0.346. The van der Waals surface area contributed by atoms with Crippen molar-refractivity contribution in [1.29, 1.82) is 5.26 Å². The van der Waals surface area contributed by atoms with Crippen LogP contribution in [-0.2, 0) is 4.79 Å². The smallest absolute Gasteiger partial charge is 0.225 e. The molecule has 0 atom stereocenters.